The van der Waals surface area contributed by atoms with Gasteiger partial charge in [-0.15, -0.1) is 0 Å². The first kappa shape index (κ1) is 24.7. The van der Waals surface area contributed by atoms with Crippen molar-refractivity contribution in [1.82, 2.24) is 4.72 Å². The lowest BCUT2D eigenvalue weighted by molar-refractivity contribution is -0.142. The predicted octanol–water partition coefficient (Wildman–Crippen LogP) is 5.46. The zero-order chi connectivity index (χ0) is 23.2. The van der Waals surface area contributed by atoms with Gasteiger partial charge in [0.25, 0.3) is 0 Å². The number of aliphatic carboxylic acids is 1. The number of rotatable bonds is 12. The van der Waals surface area contributed by atoms with E-state index in [0.29, 0.717) is 30.8 Å². The number of carboxylic acid groups (broad SMARTS) is 1. The molecule has 1 atom stereocenters. The molecule has 0 aliphatic heterocycles. The van der Waals surface area contributed by atoms with Crippen molar-refractivity contribution in [3.05, 3.63) is 64.7 Å². The Kier molecular flexibility index (Phi) is 8.37. The maximum atomic E-state index is 12.7. The quantitative estimate of drug-likeness (QED) is 0.425. The number of halogens is 1. The summed E-state index contributed by atoms with van der Waals surface area (Å²) in [5.41, 5.74) is 2.58. The largest absolute Gasteiger partial charge is 0.481 e. The lowest BCUT2D eigenvalue weighted by Crippen LogP contribution is -2.31. The van der Waals surface area contributed by atoms with Crippen molar-refractivity contribution in [2.45, 2.75) is 63.2 Å². The molecule has 0 bridgehead atoms. The van der Waals surface area contributed by atoms with Crippen LogP contribution in [-0.2, 0) is 27.7 Å². The molecule has 0 fully saturated rings. The molecule has 0 amide bonds. The van der Waals surface area contributed by atoms with E-state index in [-0.39, 0.29) is 16.2 Å². The van der Waals surface area contributed by atoms with Crippen molar-refractivity contribution in [2.75, 3.05) is 6.54 Å². The van der Waals surface area contributed by atoms with E-state index in [1.165, 1.54) is 23.3 Å². The van der Waals surface area contributed by atoms with Crippen LogP contribution >= 0.6 is 11.6 Å². The van der Waals surface area contributed by atoms with E-state index in [9.17, 15) is 18.3 Å². The van der Waals surface area contributed by atoms with Gasteiger partial charge in [-0.1, -0.05) is 55.6 Å². The molecule has 0 saturated heterocycles. The summed E-state index contributed by atoms with van der Waals surface area (Å²) in [6.45, 7) is 2.36. The molecule has 2 aromatic carbocycles. The molecule has 2 aromatic rings. The standard InChI is InChI=1S/C25H32ClNO4S/c1-2-6-19(24(28)29)9-5-14-25(17-20-7-3-4-8-21(20)18-25)15-16-27-32(30,31)23-12-10-22(26)11-13-23/h3-4,7-8,10-13,19,27H,2,5-6,9,14-18H2,1H3,(H,28,29). The van der Waals surface area contributed by atoms with Crippen LogP contribution in [0.2, 0.25) is 5.02 Å². The fraction of sp³-hybridized carbons (Fsp3) is 0.480. The van der Waals surface area contributed by atoms with Crippen LogP contribution in [0.5, 0.6) is 0 Å². The highest BCUT2D eigenvalue weighted by Crippen LogP contribution is 2.43. The van der Waals surface area contributed by atoms with Crippen LogP contribution in [0.15, 0.2) is 53.4 Å². The molecule has 32 heavy (non-hydrogen) atoms. The highest BCUT2D eigenvalue weighted by atomic mass is 35.5. The minimum atomic E-state index is -3.60. The van der Waals surface area contributed by atoms with E-state index < -0.39 is 16.0 Å². The minimum Gasteiger partial charge on any atom is -0.481 e. The maximum Gasteiger partial charge on any atom is 0.306 e. The predicted molar refractivity (Wildman–Crippen MR) is 127 cm³/mol. The topological polar surface area (TPSA) is 83.5 Å². The Balaban J connectivity index is 1.66. The van der Waals surface area contributed by atoms with E-state index in [4.69, 9.17) is 11.6 Å². The van der Waals surface area contributed by atoms with Gasteiger partial charge in [0.2, 0.25) is 10.0 Å². The van der Waals surface area contributed by atoms with Crippen LogP contribution in [0.4, 0.5) is 0 Å². The van der Waals surface area contributed by atoms with E-state index in [0.717, 1.165) is 32.1 Å². The molecule has 0 radical (unpaired) electrons. The number of sulfonamides is 1. The zero-order valence-electron chi connectivity index (χ0n) is 18.5. The van der Waals surface area contributed by atoms with Gasteiger partial charge in [-0.05, 0) is 79.3 Å². The second-order valence-electron chi connectivity index (χ2n) is 8.94. The van der Waals surface area contributed by atoms with Crippen LogP contribution in [0, 0.1) is 11.3 Å². The SMILES string of the molecule is CCCC(CCCC1(CCNS(=O)(=O)c2ccc(Cl)cc2)Cc2ccccc2C1)C(=O)O. The normalized spacial score (nSPS) is 15.9. The van der Waals surface area contributed by atoms with E-state index in [1.54, 1.807) is 12.1 Å². The molecule has 0 spiro atoms. The summed E-state index contributed by atoms with van der Waals surface area (Å²) >= 11 is 5.87. The third kappa shape index (κ3) is 6.33. The first-order valence-corrected chi connectivity index (χ1v) is 13.2. The van der Waals surface area contributed by atoms with Crippen molar-refractivity contribution in [3.8, 4) is 0 Å². The molecule has 1 aliphatic rings. The summed E-state index contributed by atoms with van der Waals surface area (Å²) in [5, 5.41) is 9.97. The number of nitrogens with one attached hydrogen (secondary N) is 1. The molecule has 2 N–H and O–H groups in total. The maximum absolute atomic E-state index is 12.7. The Morgan fingerprint density at radius 1 is 1.06 bits per heavy atom. The summed E-state index contributed by atoms with van der Waals surface area (Å²) in [4.78, 5) is 11.7. The molecule has 1 aliphatic carbocycles. The second kappa shape index (κ2) is 10.8. The number of fused-ring (bicyclic) bond motifs is 1. The average Bonchev–Trinajstić information content (AvgIpc) is 3.11. The van der Waals surface area contributed by atoms with Gasteiger partial charge in [-0.3, -0.25) is 4.79 Å². The van der Waals surface area contributed by atoms with Gasteiger partial charge in [0, 0.05) is 11.6 Å². The third-order valence-corrected chi connectivity index (χ3v) is 8.30. The fourth-order valence-electron chi connectivity index (χ4n) is 4.86. The van der Waals surface area contributed by atoms with Gasteiger partial charge in [-0.2, -0.15) is 0 Å². The van der Waals surface area contributed by atoms with Gasteiger partial charge in [0.1, 0.15) is 0 Å². The Morgan fingerprint density at radius 3 is 2.25 bits per heavy atom. The Labute approximate surface area is 196 Å². The summed E-state index contributed by atoms with van der Waals surface area (Å²) in [6, 6.07) is 14.5. The van der Waals surface area contributed by atoms with Crippen molar-refractivity contribution in [3.63, 3.8) is 0 Å². The Hall–Kier alpha value is -1.89. The van der Waals surface area contributed by atoms with Gasteiger partial charge in [0.15, 0.2) is 0 Å². The summed E-state index contributed by atoms with van der Waals surface area (Å²) in [7, 11) is -3.60. The van der Waals surface area contributed by atoms with Gasteiger partial charge < -0.3 is 5.11 Å². The number of carbonyl (C=O) groups is 1. The molecule has 3 rings (SSSR count). The summed E-state index contributed by atoms with van der Waals surface area (Å²) < 4.78 is 28.1. The number of carboxylic acids is 1. The molecule has 0 aromatic heterocycles. The van der Waals surface area contributed by atoms with Crippen LogP contribution in [0.3, 0.4) is 0 Å². The lowest BCUT2D eigenvalue weighted by Gasteiger charge is -2.30. The van der Waals surface area contributed by atoms with Gasteiger partial charge >= 0.3 is 5.97 Å². The van der Waals surface area contributed by atoms with Crippen LogP contribution < -0.4 is 4.72 Å². The molecule has 0 heterocycles. The molecule has 0 saturated carbocycles. The summed E-state index contributed by atoms with van der Waals surface area (Å²) in [5.74, 6) is -1.02. The molecular weight excluding hydrogens is 446 g/mol. The molecule has 174 valence electrons. The molecule has 7 heteroatoms. The number of benzene rings is 2. The van der Waals surface area contributed by atoms with Gasteiger partial charge in [-0.25, -0.2) is 13.1 Å². The van der Waals surface area contributed by atoms with E-state index in [2.05, 4.69) is 16.9 Å². The summed E-state index contributed by atoms with van der Waals surface area (Å²) in [6.07, 6.45) is 6.45. The molecule has 5 nitrogen and oxygen atoms in total. The van der Waals surface area contributed by atoms with Crippen molar-refractivity contribution >= 4 is 27.6 Å². The highest BCUT2D eigenvalue weighted by molar-refractivity contribution is 7.89. The highest BCUT2D eigenvalue weighted by Gasteiger charge is 2.37. The van der Waals surface area contributed by atoms with Crippen LogP contribution in [0.1, 0.15) is 56.6 Å². The lowest BCUT2D eigenvalue weighted by atomic mass is 9.76. The van der Waals surface area contributed by atoms with E-state index >= 15 is 0 Å². The van der Waals surface area contributed by atoms with Crippen LogP contribution in [-0.4, -0.2) is 26.0 Å². The molecular formula is C25H32ClNO4S. The minimum absolute atomic E-state index is 0.0541. The van der Waals surface area contributed by atoms with Crippen LogP contribution in [0.25, 0.3) is 0 Å². The Bertz CT molecular complexity index is 995. The number of hydrogen-bond acceptors (Lipinski definition) is 3. The van der Waals surface area contributed by atoms with Crippen molar-refractivity contribution < 1.29 is 18.3 Å². The fourth-order valence-corrected chi connectivity index (χ4v) is 6.02. The third-order valence-electron chi connectivity index (χ3n) is 6.57. The monoisotopic (exact) mass is 477 g/mol. The van der Waals surface area contributed by atoms with E-state index in [1.807, 2.05) is 19.1 Å². The zero-order valence-corrected chi connectivity index (χ0v) is 20.1. The van der Waals surface area contributed by atoms with Crippen molar-refractivity contribution in [1.29, 1.82) is 0 Å². The first-order valence-electron chi connectivity index (χ1n) is 11.3. The van der Waals surface area contributed by atoms with Gasteiger partial charge in [0.05, 0.1) is 10.8 Å². The smallest absolute Gasteiger partial charge is 0.306 e. The molecule has 1 unspecified atom stereocenters. The van der Waals surface area contributed by atoms with Crippen molar-refractivity contribution in [2.24, 2.45) is 11.3 Å². The first-order chi connectivity index (χ1) is 15.2. The average molecular weight is 478 g/mol. The number of hydrogen-bond donors (Lipinski definition) is 2. The second-order valence-corrected chi connectivity index (χ2v) is 11.1. The Morgan fingerprint density at radius 2 is 1.69 bits per heavy atom.